The molecule has 0 amide bonds. The fourth-order valence-corrected chi connectivity index (χ4v) is 7.76. The lowest BCUT2D eigenvalue weighted by molar-refractivity contribution is 0.657. The summed E-state index contributed by atoms with van der Waals surface area (Å²) >= 11 is 0. The molecule has 1 aliphatic carbocycles. The first kappa shape index (κ1) is 26.2. The van der Waals surface area contributed by atoms with Gasteiger partial charge in [0.1, 0.15) is 11.2 Å². The second-order valence-electron chi connectivity index (χ2n) is 12.8. The Kier molecular flexibility index (Phi) is 5.28. The zero-order chi connectivity index (χ0) is 31.3. The molecule has 0 radical (unpaired) electrons. The molecular weight excluding hydrogens is 576 g/mol. The van der Waals surface area contributed by atoms with Crippen LogP contribution in [-0.2, 0) is 5.41 Å². The minimum absolute atomic E-state index is 0.211. The Bertz CT molecular complexity index is 2660. The normalized spacial score (nSPS) is 13.5. The third kappa shape index (κ3) is 3.62. The van der Waals surface area contributed by atoms with Gasteiger partial charge in [-0.15, -0.1) is 0 Å². The van der Waals surface area contributed by atoms with Crippen LogP contribution < -0.4 is 0 Å². The predicted octanol–water partition coefficient (Wildman–Crippen LogP) is 10.5. The molecule has 0 N–H and O–H groups in total. The SMILES string of the molecule is CC1(C)c2ccccc2-c2cc(-c3nc(-c4ccccc4)nc(-n4c5ccccc5c5ccccc54)n3)c3oc4ccccc4c3c21. The van der Waals surface area contributed by atoms with Gasteiger partial charge in [-0.1, -0.05) is 123 Å². The number of para-hydroxylation sites is 3. The first-order chi connectivity index (χ1) is 23.1. The van der Waals surface area contributed by atoms with Crippen LogP contribution in [0.5, 0.6) is 0 Å². The molecule has 0 bridgehead atoms. The number of nitrogens with zero attached hydrogens (tertiary/aromatic N) is 4. The zero-order valence-electron chi connectivity index (χ0n) is 25.9. The van der Waals surface area contributed by atoms with E-state index in [4.69, 9.17) is 19.4 Å². The van der Waals surface area contributed by atoms with Crippen LogP contribution in [0.4, 0.5) is 0 Å². The average Bonchev–Trinajstić information content (AvgIpc) is 3.74. The van der Waals surface area contributed by atoms with Crippen molar-refractivity contribution in [2.45, 2.75) is 19.3 Å². The molecule has 0 saturated carbocycles. The minimum atomic E-state index is -0.211. The number of aromatic nitrogens is 4. The molecule has 0 spiro atoms. The first-order valence-corrected chi connectivity index (χ1v) is 16.0. The lowest BCUT2D eigenvalue weighted by atomic mass is 9.80. The summed E-state index contributed by atoms with van der Waals surface area (Å²) in [5.74, 6) is 1.75. The number of benzene rings is 6. The predicted molar refractivity (Wildman–Crippen MR) is 190 cm³/mol. The van der Waals surface area contributed by atoms with Crippen molar-refractivity contribution in [1.82, 2.24) is 19.5 Å². The fourth-order valence-electron chi connectivity index (χ4n) is 7.76. The molecule has 3 heterocycles. The Balaban J connectivity index is 1.35. The quantitative estimate of drug-likeness (QED) is 0.201. The highest BCUT2D eigenvalue weighted by atomic mass is 16.3. The molecule has 0 fully saturated rings. The van der Waals surface area contributed by atoms with Crippen LogP contribution in [0.25, 0.3) is 83.6 Å². The van der Waals surface area contributed by atoms with Crippen molar-refractivity contribution in [2.24, 2.45) is 0 Å². The van der Waals surface area contributed by atoms with Gasteiger partial charge in [0.25, 0.3) is 0 Å². The molecule has 6 aromatic carbocycles. The van der Waals surface area contributed by atoms with E-state index >= 15 is 0 Å². The van der Waals surface area contributed by atoms with Crippen molar-refractivity contribution in [1.29, 1.82) is 0 Å². The molecule has 5 nitrogen and oxygen atoms in total. The van der Waals surface area contributed by atoms with Crippen LogP contribution in [0.15, 0.2) is 138 Å². The van der Waals surface area contributed by atoms with E-state index in [0.29, 0.717) is 17.6 Å². The maximum atomic E-state index is 6.76. The molecule has 222 valence electrons. The zero-order valence-corrected chi connectivity index (χ0v) is 25.9. The van der Waals surface area contributed by atoms with Crippen LogP contribution >= 0.6 is 0 Å². The number of fused-ring (bicyclic) bond motifs is 10. The second kappa shape index (κ2) is 9.47. The lowest BCUT2D eigenvalue weighted by Crippen LogP contribution is -2.15. The van der Waals surface area contributed by atoms with Gasteiger partial charge in [-0.3, -0.25) is 4.57 Å². The van der Waals surface area contributed by atoms with E-state index in [9.17, 15) is 0 Å². The number of rotatable bonds is 3. The molecule has 47 heavy (non-hydrogen) atoms. The monoisotopic (exact) mass is 604 g/mol. The minimum Gasteiger partial charge on any atom is -0.455 e. The molecule has 5 heteroatoms. The molecular formula is C42H28N4O. The topological polar surface area (TPSA) is 56.7 Å². The van der Waals surface area contributed by atoms with Crippen molar-refractivity contribution in [3.63, 3.8) is 0 Å². The van der Waals surface area contributed by atoms with Gasteiger partial charge in [-0.05, 0) is 46.5 Å². The van der Waals surface area contributed by atoms with Crippen molar-refractivity contribution in [3.05, 3.63) is 145 Å². The Morgan fingerprint density at radius 3 is 1.94 bits per heavy atom. The van der Waals surface area contributed by atoms with Gasteiger partial charge in [-0.25, -0.2) is 4.98 Å². The smallest absolute Gasteiger partial charge is 0.238 e. The number of hydrogen-bond acceptors (Lipinski definition) is 4. The van der Waals surface area contributed by atoms with Gasteiger partial charge in [0.15, 0.2) is 11.6 Å². The molecule has 0 saturated heterocycles. The molecule has 0 aliphatic heterocycles. The van der Waals surface area contributed by atoms with Crippen LogP contribution in [0, 0.1) is 0 Å². The first-order valence-electron chi connectivity index (χ1n) is 16.0. The highest BCUT2D eigenvalue weighted by Gasteiger charge is 2.39. The highest BCUT2D eigenvalue weighted by Crippen LogP contribution is 2.54. The summed E-state index contributed by atoms with van der Waals surface area (Å²) in [6, 6.07) is 46.3. The molecule has 0 unspecified atom stereocenters. The Morgan fingerprint density at radius 1 is 0.553 bits per heavy atom. The summed E-state index contributed by atoms with van der Waals surface area (Å²) in [5.41, 5.74) is 10.3. The van der Waals surface area contributed by atoms with E-state index in [2.05, 4.69) is 109 Å². The van der Waals surface area contributed by atoms with Crippen molar-refractivity contribution < 1.29 is 4.42 Å². The molecule has 1 aliphatic rings. The summed E-state index contributed by atoms with van der Waals surface area (Å²) in [6.45, 7) is 4.63. The third-order valence-corrected chi connectivity index (χ3v) is 9.84. The van der Waals surface area contributed by atoms with Crippen LogP contribution in [0.3, 0.4) is 0 Å². The van der Waals surface area contributed by atoms with Gasteiger partial charge in [-0.2, -0.15) is 9.97 Å². The van der Waals surface area contributed by atoms with Crippen molar-refractivity contribution >= 4 is 43.7 Å². The van der Waals surface area contributed by atoms with Gasteiger partial charge in [0.05, 0.1) is 16.6 Å². The standard InChI is InChI=1S/C42H28N4O/c1-42(2)32-20-10-6-16-26(32)30-24-31(38-36(37(30)42)29-19-9-13-23-35(29)47-38)40-43-39(25-14-4-3-5-15-25)44-41(45-40)46-33-21-11-7-17-27(33)28-18-8-12-22-34(28)46/h3-24H,1-2H3. The summed E-state index contributed by atoms with van der Waals surface area (Å²) in [6.07, 6.45) is 0. The van der Waals surface area contributed by atoms with Crippen molar-refractivity contribution in [3.8, 4) is 39.9 Å². The average molecular weight is 605 g/mol. The summed E-state index contributed by atoms with van der Waals surface area (Å²) in [5, 5.41) is 4.53. The largest absolute Gasteiger partial charge is 0.455 e. The lowest BCUT2D eigenvalue weighted by Gasteiger charge is -2.22. The Labute approximate surface area is 270 Å². The van der Waals surface area contributed by atoms with E-state index in [-0.39, 0.29) is 5.41 Å². The van der Waals surface area contributed by atoms with E-state index in [1.165, 1.54) is 22.3 Å². The number of furan rings is 1. The van der Waals surface area contributed by atoms with Gasteiger partial charge in [0, 0.05) is 32.5 Å². The maximum Gasteiger partial charge on any atom is 0.238 e. The van der Waals surface area contributed by atoms with Crippen molar-refractivity contribution in [2.75, 3.05) is 0 Å². The number of hydrogen-bond donors (Lipinski definition) is 0. The van der Waals surface area contributed by atoms with E-state index in [1.54, 1.807) is 0 Å². The van der Waals surface area contributed by atoms with E-state index in [1.807, 2.05) is 42.5 Å². The fraction of sp³-hybridized carbons (Fsp3) is 0.0714. The molecule has 9 aromatic rings. The Morgan fingerprint density at radius 2 is 1.17 bits per heavy atom. The van der Waals surface area contributed by atoms with Crippen LogP contribution in [0.1, 0.15) is 25.0 Å². The maximum absolute atomic E-state index is 6.76. The van der Waals surface area contributed by atoms with Crippen LogP contribution in [0.2, 0.25) is 0 Å². The van der Waals surface area contributed by atoms with Crippen LogP contribution in [-0.4, -0.2) is 19.5 Å². The Hall–Kier alpha value is -6.07. The summed E-state index contributed by atoms with van der Waals surface area (Å²) in [7, 11) is 0. The second-order valence-corrected chi connectivity index (χ2v) is 12.8. The molecule has 0 atom stereocenters. The summed E-state index contributed by atoms with van der Waals surface area (Å²) in [4.78, 5) is 15.6. The molecule has 10 rings (SSSR count). The van der Waals surface area contributed by atoms with Gasteiger partial charge in [0.2, 0.25) is 5.95 Å². The van der Waals surface area contributed by atoms with E-state index in [0.717, 1.165) is 54.9 Å². The summed E-state index contributed by atoms with van der Waals surface area (Å²) < 4.78 is 8.92. The highest BCUT2D eigenvalue weighted by molar-refractivity contribution is 6.15. The van der Waals surface area contributed by atoms with E-state index < -0.39 is 0 Å². The third-order valence-electron chi connectivity index (χ3n) is 9.84. The van der Waals surface area contributed by atoms with Gasteiger partial charge >= 0.3 is 0 Å². The van der Waals surface area contributed by atoms with Gasteiger partial charge < -0.3 is 4.42 Å². The molecule has 3 aromatic heterocycles.